The van der Waals surface area contributed by atoms with Crippen LogP contribution in [0.4, 0.5) is 5.82 Å². The topological polar surface area (TPSA) is 99.6 Å². The molecule has 2 aliphatic rings. The molecule has 2 heterocycles. The van der Waals surface area contributed by atoms with Gasteiger partial charge in [-0.1, -0.05) is 0 Å². The third-order valence-corrected chi connectivity index (χ3v) is 7.01. The van der Waals surface area contributed by atoms with Gasteiger partial charge in [0, 0.05) is 25.3 Å². The Morgan fingerprint density at radius 3 is 2.87 bits per heavy atom. The highest BCUT2D eigenvalue weighted by atomic mass is 32.2. The highest BCUT2D eigenvalue weighted by Gasteiger charge is 2.50. The van der Waals surface area contributed by atoms with Crippen LogP contribution in [0.5, 0.6) is 0 Å². The zero-order chi connectivity index (χ0) is 16.7. The molecule has 0 bridgehead atoms. The van der Waals surface area contributed by atoms with Crippen molar-refractivity contribution in [3.05, 3.63) is 23.9 Å². The van der Waals surface area contributed by atoms with Gasteiger partial charge in [0.1, 0.15) is 5.82 Å². The van der Waals surface area contributed by atoms with Crippen molar-refractivity contribution in [2.45, 2.75) is 43.4 Å². The lowest BCUT2D eigenvalue weighted by molar-refractivity contribution is 0.0696. The van der Waals surface area contributed by atoms with Crippen LogP contribution in [0.25, 0.3) is 0 Å². The van der Waals surface area contributed by atoms with Crippen molar-refractivity contribution in [3.63, 3.8) is 0 Å². The number of aromatic carboxylic acids is 1. The maximum absolute atomic E-state index is 12.3. The van der Waals surface area contributed by atoms with Crippen molar-refractivity contribution < 1.29 is 18.3 Å². The van der Waals surface area contributed by atoms with E-state index in [1.807, 2.05) is 4.90 Å². The van der Waals surface area contributed by atoms with Gasteiger partial charge in [0.25, 0.3) is 0 Å². The average molecular weight is 339 g/mol. The first-order valence-corrected chi connectivity index (χ1v) is 9.25. The Morgan fingerprint density at radius 1 is 1.48 bits per heavy atom. The molecule has 8 heteroatoms. The van der Waals surface area contributed by atoms with E-state index in [0.717, 1.165) is 19.4 Å². The van der Waals surface area contributed by atoms with Crippen LogP contribution in [-0.4, -0.2) is 48.4 Å². The second-order valence-corrected chi connectivity index (χ2v) is 8.79. The molecule has 0 aromatic carbocycles. The number of nitrogens with one attached hydrogen (secondary N) is 1. The Morgan fingerprint density at radius 2 is 2.22 bits per heavy atom. The SMILES string of the molecule is CC1(S(=O)(=O)NC2CCCN(c3cc(C(=O)O)ccn3)C2)CC1. The third kappa shape index (κ3) is 3.32. The summed E-state index contributed by atoms with van der Waals surface area (Å²) in [5.41, 5.74) is 0.184. The highest BCUT2D eigenvalue weighted by molar-refractivity contribution is 7.91. The second-order valence-electron chi connectivity index (χ2n) is 6.56. The zero-order valence-electron chi connectivity index (χ0n) is 13.0. The number of carboxylic acids is 1. The van der Waals surface area contributed by atoms with Crippen LogP contribution in [-0.2, 0) is 10.0 Å². The Hall–Kier alpha value is -1.67. The Labute approximate surface area is 135 Å². The van der Waals surface area contributed by atoms with Crippen LogP contribution < -0.4 is 9.62 Å². The summed E-state index contributed by atoms with van der Waals surface area (Å²) < 4.78 is 26.9. The Kier molecular flexibility index (Phi) is 4.05. The molecule has 7 nitrogen and oxygen atoms in total. The molecule has 3 rings (SSSR count). The standard InChI is InChI=1S/C15H21N3O4S/c1-15(5-6-15)23(21,22)17-12-3-2-8-18(10-12)13-9-11(14(19)20)4-7-16-13/h4,7,9,12,17H,2-3,5-6,8,10H2,1H3,(H,19,20). The van der Waals surface area contributed by atoms with Crippen molar-refractivity contribution in [2.75, 3.05) is 18.0 Å². The van der Waals surface area contributed by atoms with E-state index in [4.69, 9.17) is 5.11 Å². The van der Waals surface area contributed by atoms with Crippen molar-refractivity contribution in [2.24, 2.45) is 0 Å². The smallest absolute Gasteiger partial charge is 0.335 e. The molecule has 2 fully saturated rings. The van der Waals surface area contributed by atoms with E-state index in [2.05, 4.69) is 9.71 Å². The summed E-state index contributed by atoms with van der Waals surface area (Å²) >= 11 is 0. The number of rotatable bonds is 5. The number of aromatic nitrogens is 1. The third-order valence-electron chi connectivity index (χ3n) is 4.66. The summed E-state index contributed by atoms with van der Waals surface area (Å²) in [6.45, 7) is 3.02. The van der Waals surface area contributed by atoms with Crippen LogP contribution in [0.1, 0.15) is 43.0 Å². The van der Waals surface area contributed by atoms with Gasteiger partial charge in [-0.15, -0.1) is 0 Å². The molecule has 1 aliphatic carbocycles. The molecule has 1 aromatic rings. The van der Waals surface area contributed by atoms with E-state index in [0.29, 0.717) is 25.2 Å². The molecule has 1 unspecified atom stereocenters. The van der Waals surface area contributed by atoms with Crippen LogP contribution in [0.2, 0.25) is 0 Å². The lowest BCUT2D eigenvalue weighted by atomic mass is 10.1. The summed E-state index contributed by atoms with van der Waals surface area (Å²) in [5, 5.41) is 9.07. The van der Waals surface area contributed by atoms with E-state index in [1.165, 1.54) is 18.3 Å². The van der Waals surface area contributed by atoms with Gasteiger partial charge in [-0.2, -0.15) is 0 Å². The number of carboxylic acid groups (broad SMARTS) is 1. The normalized spacial score (nSPS) is 23.5. The summed E-state index contributed by atoms with van der Waals surface area (Å²) in [6, 6.07) is 2.81. The molecule has 1 aliphatic heterocycles. The lowest BCUT2D eigenvalue weighted by Crippen LogP contribution is -2.50. The molecule has 2 N–H and O–H groups in total. The minimum Gasteiger partial charge on any atom is -0.478 e. The van der Waals surface area contributed by atoms with Crippen molar-refractivity contribution in [1.29, 1.82) is 0 Å². The highest BCUT2D eigenvalue weighted by Crippen LogP contribution is 2.42. The van der Waals surface area contributed by atoms with Gasteiger partial charge in [-0.3, -0.25) is 0 Å². The van der Waals surface area contributed by atoms with Crippen LogP contribution in [0.15, 0.2) is 18.3 Å². The molecule has 1 saturated heterocycles. The average Bonchev–Trinajstić information content (AvgIpc) is 3.27. The molecule has 1 atom stereocenters. The monoisotopic (exact) mass is 339 g/mol. The summed E-state index contributed by atoms with van der Waals surface area (Å²) in [4.78, 5) is 17.2. The number of hydrogen-bond acceptors (Lipinski definition) is 5. The number of anilines is 1. The van der Waals surface area contributed by atoms with Gasteiger partial charge < -0.3 is 10.0 Å². The fraction of sp³-hybridized carbons (Fsp3) is 0.600. The summed E-state index contributed by atoms with van der Waals surface area (Å²) in [6.07, 6.45) is 4.51. The van der Waals surface area contributed by atoms with Crippen LogP contribution in [0.3, 0.4) is 0 Å². The first-order chi connectivity index (χ1) is 10.8. The van der Waals surface area contributed by atoms with Gasteiger partial charge in [0.15, 0.2) is 0 Å². The summed E-state index contributed by atoms with van der Waals surface area (Å²) in [7, 11) is -3.30. The van der Waals surface area contributed by atoms with E-state index < -0.39 is 20.7 Å². The Balaban J connectivity index is 1.71. The largest absolute Gasteiger partial charge is 0.478 e. The number of carbonyl (C=O) groups is 1. The Bertz CT molecular complexity index is 715. The molecule has 0 amide bonds. The first kappa shape index (κ1) is 16.2. The van der Waals surface area contributed by atoms with Gasteiger partial charge in [0.05, 0.1) is 10.3 Å². The number of nitrogens with zero attached hydrogens (tertiary/aromatic N) is 2. The maximum Gasteiger partial charge on any atom is 0.335 e. The predicted octanol–water partition coefficient (Wildman–Crippen LogP) is 1.22. The van der Waals surface area contributed by atoms with Crippen LogP contribution in [0, 0.1) is 0 Å². The molecule has 1 aromatic heterocycles. The first-order valence-electron chi connectivity index (χ1n) is 7.77. The number of piperidine rings is 1. The minimum atomic E-state index is -3.30. The molecule has 126 valence electrons. The number of sulfonamides is 1. The van der Waals surface area contributed by atoms with Crippen molar-refractivity contribution in [1.82, 2.24) is 9.71 Å². The summed E-state index contributed by atoms with van der Waals surface area (Å²) in [5.74, 6) is -0.420. The molecule has 23 heavy (non-hydrogen) atoms. The van der Waals surface area contributed by atoms with Gasteiger partial charge in [0.2, 0.25) is 10.0 Å². The predicted molar refractivity (Wildman–Crippen MR) is 86.1 cm³/mol. The van der Waals surface area contributed by atoms with E-state index in [9.17, 15) is 13.2 Å². The van der Waals surface area contributed by atoms with Gasteiger partial charge in [-0.25, -0.2) is 22.9 Å². The number of hydrogen-bond donors (Lipinski definition) is 2. The zero-order valence-corrected chi connectivity index (χ0v) is 13.8. The van der Waals surface area contributed by atoms with E-state index in [1.54, 1.807) is 6.92 Å². The fourth-order valence-electron chi connectivity index (χ4n) is 2.81. The quantitative estimate of drug-likeness (QED) is 0.837. The van der Waals surface area contributed by atoms with Crippen molar-refractivity contribution >= 4 is 21.8 Å². The van der Waals surface area contributed by atoms with Crippen LogP contribution >= 0.6 is 0 Å². The van der Waals surface area contributed by atoms with E-state index in [-0.39, 0.29) is 11.6 Å². The molecular formula is C15H21N3O4S. The molecule has 0 spiro atoms. The van der Waals surface area contributed by atoms with Crippen molar-refractivity contribution in [3.8, 4) is 0 Å². The molecule has 0 radical (unpaired) electrons. The fourth-order valence-corrected chi connectivity index (χ4v) is 4.37. The molecular weight excluding hydrogens is 318 g/mol. The number of pyridine rings is 1. The second kappa shape index (κ2) is 5.76. The molecule has 1 saturated carbocycles. The maximum atomic E-state index is 12.3. The van der Waals surface area contributed by atoms with Gasteiger partial charge in [-0.05, 0) is 44.7 Å². The minimum absolute atomic E-state index is 0.165. The van der Waals surface area contributed by atoms with Gasteiger partial charge >= 0.3 is 5.97 Å². The lowest BCUT2D eigenvalue weighted by Gasteiger charge is -2.34. The van der Waals surface area contributed by atoms with E-state index >= 15 is 0 Å².